The maximum Gasteiger partial charge on any atom is 0.119 e. The van der Waals surface area contributed by atoms with Gasteiger partial charge in [0.1, 0.15) is 5.75 Å². The lowest BCUT2D eigenvalue weighted by Crippen LogP contribution is -2.43. The van der Waals surface area contributed by atoms with Gasteiger partial charge in [-0.25, -0.2) is 0 Å². The molecule has 3 aliphatic rings. The molecule has 0 radical (unpaired) electrons. The summed E-state index contributed by atoms with van der Waals surface area (Å²) in [6.07, 6.45) is 8.82. The summed E-state index contributed by atoms with van der Waals surface area (Å²) in [7, 11) is 1.75. The molecule has 4 rings (SSSR count). The van der Waals surface area contributed by atoms with Gasteiger partial charge in [-0.15, -0.1) is 6.58 Å². The van der Waals surface area contributed by atoms with Crippen LogP contribution in [-0.2, 0) is 6.42 Å². The largest absolute Gasteiger partial charge is 0.497 e. The molecule has 0 bridgehead atoms. The van der Waals surface area contributed by atoms with Crippen LogP contribution in [0.15, 0.2) is 30.9 Å². The van der Waals surface area contributed by atoms with Crippen molar-refractivity contribution in [1.29, 1.82) is 0 Å². The Morgan fingerprint density at radius 1 is 1.25 bits per heavy atom. The van der Waals surface area contributed by atoms with Gasteiger partial charge in [-0.3, -0.25) is 0 Å². The number of aliphatic hydroxyl groups is 1. The van der Waals surface area contributed by atoms with Crippen molar-refractivity contribution < 1.29 is 9.84 Å². The highest BCUT2D eigenvalue weighted by Crippen LogP contribution is 2.60. The first-order valence-electron chi connectivity index (χ1n) is 9.47. The van der Waals surface area contributed by atoms with E-state index in [0.717, 1.165) is 24.0 Å². The van der Waals surface area contributed by atoms with Crippen molar-refractivity contribution >= 4 is 0 Å². The number of hydrogen-bond donors (Lipinski definition) is 1. The molecule has 2 saturated carbocycles. The van der Waals surface area contributed by atoms with E-state index in [9.17, 15) is 5.11 Å². The van der Waals surface area contributed by atoms with Crippen molar-refractivity contribution in [1.82, 2.24) is 0 Å². The third kappa shape index (κ3) is 2.79. The fourth-order valence-electron chi connectivity index (χ4n) is 5.66. The first kappa shape index (κ1) is 17.5. The molecule has 1 N–H and O–H groups in total. The molecule has 5 atom stereocenters. The number of ether oxygens (including phenoxy) is 1. The lowest BCUT2D eigenvalue weighted by molar-refractivity contribution is -0.0226. The standard InChI is InChI=1S/C19H26O2.C3H6/c1-19-10-9-15-14-6-4-13(21-2)11-12(14)3-5-16(15)17(19)7-8-18(19)20;1-3-2/h4,6,11,15-18,20H,3,5,7-10H2,1-2H3;3H,1H2,2H3. The minimum absolute atomic E-state index is 0.0688. The van der Waals surface area contributed by atoms with E-state index in [1.807, 2.05) is 6.92 Å². The summed E-state index contributed by atoms with van der Waals surface area (Å²) in [6, 6.07) is 6.67. The number of fused-ring (bicyclic) bond motifs is 5. The summed E-state index contributed by atoms with van der Waals surface area (Å²) in [5, 5.41) is 10.4. The first-order valence-corrected chi connectivity index (χ1v) is 9.47. The van der Waals surface area contributed by atoms with Crippen LogP contribution in [0.3, 0.4) is 0 Å². The zero-order valence-corrected chi connectivity index (χ0v) is 15.4. The van der Waals surface area contributed by atoms with Crippen LogP contribution in [0.25, 0.3) is 0 Å². The molecule has 2 nitrogen and oxygen atoms in total. The van der Waals surface area contributed by atoms with Crippen LogP contribution in [0.4, 0.5) is 0 Å². The molecule has 24 heavy (non-hydrogen) atoms. The fraction of sp³-hybridized carbons (Fsp3) is 0.636. The second-order valence-electron chi connectivity index (χ2n) is 8.03. The van der Waals surface area contributed by atoms with Crippen LogP contribution in [0.1, 0.15) is 63.0 Å². The Morgan fingerprint density at radius 2 is 2.00 bits per heavy atom. The van der Waals surface area contributed by atoms with E-state index in [-0.39, 0.29) is 11.5 Å². The SMILES string of the molecule is C=CC.COc1ccc2c(c1)CCC1C2CCC2(C)C(O)CCC12. The Kier molecular flexibility index (Phi) is 5.05. The molecule has 1 aromatic rings. The van der Waals surface area contributed by atoms with Gasteiger partial charge in [0.2, 0.25) is 0 Å². The van der Waals surface area contributed by atoms with Crippen molar-refractivity contribution in [2.75, 3.05) is 7.11 Å². The molecule has 0 aromatic heterocycles. The number of rotatable bonds is 1. The van der Waals surface area contributed by atoms with Gasteiger partial charge >= 0.3 is 0 Å². The lowest BCUT2D eigenvalue weighted by Gasteiger charge is -2.50. The zero-order valence-electron chi connectivity index (χ0n) is 15.4. The second kappa shape index (κ2) is 6.92. The van der Waals surface area contributed by atoms with Crippen LogP contribution in [0.5, 0.6) is 5.75 Å². The molecule has 0 amide bonds. The minimum Gasteiger partial charge on any atom is -0.497 e. The third-order valence-corrected chi connectivity index (χ3v) is 6.88. The average molecular weight is 328 g/mol. The Bertz CT molecular complexity index is 594. The summed E-state index contributed by atoms with van der Waals surface area (Å²) >= 11 is 0. The van der Waals surface area contributed by atoms with Gasteiger partial charge in [0.05, 0.1) is 13.2 Å². The van der Waals surface area contributed by atoms with E-state index in [1.54, 1.807) is 18.7 Å². The molecule has 5 unspecified atom stereocenters. The van der Waals surface area contributed by atoms with Gasteiger partial charge in [-0.2, -0.15) is 0 Å². The van der Waals surface area contributed by atoms with Crippen molar-refractivity contribution in [3.8, 4) is 5.75 Å². The van der Waals surface area contributed by atoms with E-state index in [0.29, 0.717) is 5.92 Å². The predicted molar refractivity (Wildman–Crippen MR) is 99.5 cm³/mol. The highest BCUT2D eigenvalue weighted by Gasteiger charge is 2.54. The van der Waals surface area contributed by atoms with Crippen molar-refractivity contribution in [2.45, 2.75) is 64.4 Å². The summed E-state index contributed by atoms with van der Waals surface area (Å²) in [5.74, 6) is 3.20. The Labute approximate surface area is 146 Å². The maximum atomic E-state index is 10.4. The number of benzene rings is 1. The van der Waals surface area contributed by atoms with E-state index < -0.39 is 0 Å². The number of hydrogen-bond acceptors (Lipinski definition) is 2. The molecule has 0 spiro atoms. The Morgan fingerprint density at radius 3 is 2.71 bits per heavy atom. The van der Waals surface area contributed by atoms with Gasteiger partial charge in [-0.05, 0) is 91.9 Å². The lowest BCUT2D eigenvalue weighted by atomic mass is 9.55. The van der Waals surface area contributed by atoms with Gasteiger partial charge in [0, 0.05) is 0 Å². The molecule has 2 fully saturated rings. The zero-order chi connectivity index (χ0) is 17.3. The molecule has 2 heteroatoms. The predicted octanol–water partition coefficient (Wildman–Crippen LogP) is 5.10. The number of methoxy groups -OCH3 is 1. The van der Waals surface area contributed by atoms with Gasteiger partial charge in [-0.1, -0.05) is 19.1 Å². The van der Waals surface area contributed by atoms with E-state index in [2.05, 4.69) is 31.7 Å². The van der Waals surface area contributed by atoms with Crippen LogP contribution in [0.2, 0.25) is 0 Å². The molecular weight excluding hydrogens is 296 g/mol. The maximum absolute atomic E-state index is 10.4. The van der Waals surface area contributed by atoms with Gasteiger partial charge in [0.15, 0.2) is 0 Å². The number of aliphatic hydroxyl groups excluding tert-OH is 1. The van der Waals surface area contributed by atoms with Crippen molar-refractivity contribution in [3.63, 3.8) is 0 Å². The fourth-order valence-corrected chi connectivity index (χ4v) is 5.66. The highest BCUT2D eigenvalue weighted by atomic mass is 16.5. The van der Waals surface area contributed by atoms with E-state index in [1.165, 1.54) is 37.7 Å². The van der Waals surface area contributed by atoms with Crippen molar-refractivity contribution in [3.05, 3.63) is 42.0 Å². The van der Waals surface area contributed by atoms with E-state index >= 15 is 0 Å². The van der Waals surface area contributed by atoms with Gasteiger partial charge in [0.25, 0.3) is 0 Å². The third-order valence-electron chi connectivity index (χ3n) is 6.88. The summed E-state index contributed by atoms with van der Waals surface area (Å²) < 4.78 is 5.38. The summed E-state index contributed by atoms with van der Waals surface area (Å²) in [6.45, 7) is 7.59. The minimum atomic E-state index is -0.0688. The quantitative estimate of drug-likeness (QED) is 0.726. The first-order chi connectivity index (χ1) is 11.5. The van der Waals surface area contributed by atoms with Crippen LogP contribution < -0.4 is 4.74 Å². The molecule has 1 aromatic carbocycles. The number of aryl methyl sites for hydroxylation is 1. The monoisotopic (exact) mass is 328 g/mol. The van der Waals surface area contributed by atoms with Crippen molar-refractivity contribution in [2.24, 2.45) is 17.3 Å². The Balaban J connectivity index is 0.000000526. The van der Waals surface area contributed by atoms with Crippen LogP contribution in [-0.4, -0.2) is 18.3 Å². The summed E-state index contributed by atoms with van der Waals surface area (Å²) in [5.41, 5.74) is 3.25. The van der Waals surface area contributed by atoms with Crippen LogP contribution in [0, 0.1) is 17.3 Å². The highest BCUT2D eigenvalue weighted by molar-refractivity contribution is 5.40. The molecule has 0 saturated heterocycles. The average Bonchev–Trinajstić information content (AvgIpc) is 2.90. The van der Waals surface area contributed by atoms with E-state index in [4.69, 9.17) is 4.74 Å². The molecule has 132 valence electrons. The smallest absolute Gasteiger partial charge is 0.119 e. The molecule has 3 aliphatic carbocycles. The molecule has 0 aliphatic heterocycles. The molecular formula is C22H32O2. The second-order valence-corrected chi connectivity index (χ2v) is 8.03. The topological polar surface area (TPSA) is 29.5 Å². The molecule has 0 heterocycles. The van der Waals surface area contributed by atoms with Crippen LogP contribution >= 0.6 is 0 Å². The van der Waals surface area contributed by atoms with Gasteiger partial charge < -0.3 is 9.84 Å². The Hall–Kier alpha value is -1.28. The number of allylic oxidation sites excluding steroid dienone is 1. The summed E-state index contributed by atoms with van der Waals surface area (Å²) in [4.78, 5) is 0. The normalized spacial score (nSPS) is 36.5.